The maximum Gasteiger partial charge on any atom is 0.194 e. The number of hydrogen-bond acceptors (Lipinski definition) is 6. The van der Waals surface area contributed by atoms with Crippen molar-refractivity contribution < 1.29 is 20.1 Å². The monoisotopic (exact) mass is 312 g/mol. The molecule has 0 aromatic heterocycles. The van der Waals surface area contributed by atoms with Gasteiger partial charge in [-0.2, -0.15) is 0 Å². The van der Waals surface area contributed by atoms with E-state index in [-0.39, 0.29) is 16.5 Å². The normalized spacial score (nSPS) is 11.2. The summed E-state index contributed by atoms with van der Waals surface area (Å²) >= 11 is 5.42. The average molecular weight is 313 g/mol. The Morgan fingerprint density at radius 1 is 1.10 bits per heavy atom. The second-order valence-corrected chi connectivity index (χ2v) is 4.56. The van der Waals surface area contributed by atoms with Crippen LogP contribution in [0.2, 0.25) is 5.02 Å². The lowest BCUT2D eigenvalue weighted by molar-refractivity contribution is 0.000281. The highest BCUT2D eigenvalue weighted by Crippen LogP contribution is 2.26. The van der Waals surface area contributed by atoms with E-state index in [0.717, 1.165) is 0 Å². The summed E-state index contributed by atoms with van der Waals surface area (Å²) in [5, 5.41) is 26.7. The molecule has 7 N–H and O–H groups in total. The highest BCUT2D eigenvalue weighted by Gasteiger charge is 2.02. The number of aliphatic hydroxyl groups is 1. The lowest BCUT2D eigenvalue weighted by atomic mass is 10.2. The molecule has 2 rings (SSSR count). The van der Waals surface area contributed by atoms with Crippen LogP contribution in [0.4, 0.5) is 11.4 Å². The molecular weight excluding hydrogens is 296 g/mol. The van der Waals surface area contributed by atoms with Gasteiger partial charge in [-0.15, -0.1) is 0 Å². The van der Waals surface area contributed by atoms with Gasteiger partial charge < -0.3 is 31.5 Å². The highest BCUT2D eigenvalue weighted by molar-refractivity contribution is 6.32. The van der Waals surface area contributed by atoms with Gasteiger partial charge in [-0.05, 0) is 37.3 Å². The van der Waals surface area contributed by atoms with Gasteiger partial charge in [-0.1, -0.05) is 11.6 Å². The number of phenols is 2. The van der Waals surface area contributed by atoms with Crippen LogP contribution in [0.5, 0.6) is 17.2 Å². The van der Waals surface area contributed by atoms with Gasteiger partial charge in [0.25, 0.3) is 0 Å². The summed E-state index contributed by atoms with van der Waals surface area (Å²) in [6.07, 6.45) is -0.865. The Bertz CT molecular complexity index is 606. The molecule has 114 valence electrons. The molecular formula is C14H17ClN2O4. The van der Waals surface area contributed by atoms with E-state index in [1.807, 2.05) is 0 Å². The Morgan fingerprint density at radius 2 is 1.76 bits per heavy atom. The molecule has 2 aromatic rings. The number of rotatable bonds is 2. The van der Waals surface area contributed by atoms with Crippen LogP contribution in [-0.2, 0) is 0 Å². The van der Waals surface area contributed by atoms with Crippen LogP contribution < -0.4 is 16.2 Å². The van der Waals surface area contributed by atoms with E-state index < -0.39 is 6.29 Å². The Kier molecular flexibility index (Phi) is 5.95. The van der Waals surface area contributed by atoms with E-state index in [2.05, 4.69) is 0 Å². The van der Waals surface area contributed by atoms with Crippen LogP contribution in [0.1, 0.15) is 6.92 Å². The molecule has 0 aliphatic carbocycles. The van der Waals surface area contributed by atoms with Crippen molar-refractivity contribution in [3.63, 3.8) is 0 Å². The summed E-state index contributed by atoms with van der Waals surface area (Å²) in [6, 6.07) is 8.87. The molecule has 21 heavy (non-hydrogen) atoms. The minimum atomic E-state index is -0.865. The molecule has 0 fully saturated rings. The van der Waals surface area contributed by atoms with Gasteiger partial charge in [0.2, 0.25) is 0 Å². The van der Waals surface area contributed by atoms with Crippen molar-refractivity contribution in [2.24, 2.45) is 0 Å². The van der Waals surface area contributed by atoms with Crippen LogP contribution in [0.3, 0.4) is 0 Å². The summed E-state index contributed by atoms with van der Waals surface area (Å²) in [6.45, 7) is 1.51. The Morgan fingerprint density at radius 3 is 2.24 bits per heavy atom. The number of aliphatic hydroxyl groups excluding tert-OH is 1. The molecule has 0 aliphatic rings. The minimum Gasteiger partial charge on any atom is -0.508 e. The Hall–Kier alpha value is -2.31. The number of benzene rings is 2. The molecule has 1 unspecified atom stereocenters. The number of anilines is 2. The minimum absolute atomic E-state index is 0.0110. The SMILES string of the molecule is CC(O)Oc1ccc(N)cc1N.Oc1ccc(Cl)c(O)c1. The number of hydrogen-bond donors (Lipinski definition) is 5. The van der Waals surface area contributed by atoms with Gasteiger partial charge in [-0.25, -0.2) is 0 Å². The summed E-state index contributed by atoms with van der Waals surface area (Å²) in [7, 11) is 0. The first-order valence-electron chi connectivity index (χ1n) is 5.96. The van der Waals surface area contributed by atoms with Crippen LogP contribution in [0, 0.1) is 0 Å². The number of phenolic OH excluding ortho intramolecular Hbond substituents is 2. The van der Waals surface area contributed by atoms with Crippen molar-refractivity contribution in [2.45, 2.75) is 13.2 Å². The van der Waals surface area contributed by atoms with E-state index in [1.54, 1.807) is 18.2 Å². The molecule has 7 heteroatoms. The molecule has 1 atom stereocenters. The molecule has 0 aliphatic heterocycles. The van der Waals surface area contributed by atoms with Crippen LogP contribution in [0.25, 0.3) is 0 Å². The van der Waals surface area contributed by atoms with Crippen LogP contribution in [-0.4, -0.2) is 21.6 Å². The molecule has 0 saturated heterocycles. The summed E-state index contributed by atoms with van der Waals surface area (Å²) in [5.41, 5.74) is 12.0. The van der Waals surface area contributed by atoms with Gasteiger partial charge in [0.05, 0.1) is 10.7 Å². The number of nitrogens with two attached hydrogens (primary N) is 2. The van der Waals surface area contributed by atoms with Crippen LogP contribution in [0.15, 0.2) is 36.4 Å². The molecule has 0 amide bonds. The molecule has 0 spiro atoms. The van der Waals surface area contributed by atoms with Crippen LogP contribution >= 0.6 is 11.6 Å². The molecule has 0 saturated carbocycles. The number of ether oxygens (including phenoxy) is 1. The van der Waals surface area contributed by atoms with Crippen molar-refractivity contribution in [1.29, 1.82) is 0 Å². The number of aromatic hydroxyl groups is 2. The second-order valence-electron chi connectivity index (χ2n) is 4.15. The first-order chi connectivity index (χ1) is 9.79. The molecule has 0 bridgehead atoms. The largest absolute Gasteiger partial charge is 0.508 e. The molecule has 0 heterocycles. The number of nitrogen functional groups attached to an aromatic ring is 2. The molecule has 0 radical (unpaired) electrons. The van der Waals surface area contributed by atoms with E-state index >= 15 is 0 Å². The van der Waals surface area contributed by atoms with Crippen molar-refractivity contribution in [2.75, 3.05) is 11.5 Å². The van der Waals surface area contributed by atoms with Gasteiger partial charge in [0.15, 0.2) is 6.29 Å². The van der Waals surface area contributed by atoms with Crippen molar-refractivity contribution >= 4 is 23.0 Å². The predicted octanol–water partition coefficient (Wildman–Crippen LogP) is 2.32. The van der Waals surface area contributed by atoms with Crippen molar-refractivity contribution in [3.8, 4) is 17.2 Å². The summed E-state index contributed by atoms with van der Waals surface area (Å²) in [4.78, 5) is 0. The third-order valence-corrected chi connectivity index (χ3v) is 2.58. The Balaban J connectivity index is 0.000000219. The smallest absolute Gasteiger partial charge is 0.194 e. The zero-order valence-corrected chi connectivity index (χ0v) is 12.1. The molecule has 2 aromatic carbocycles. The third kappa shape index (κ3) is 5.68. The summed E-state index contributed by atoms with van der Waals surface area (Å²) in [5.74, 6) is 0.354. The predicted molar refractivity (Wildman–Crippen MR) is 82.4 cm³/mol. The maximum atomic E-state index is 8.89. The lowest BCUT2D eigenvalue weighted by Crippen LogP contribution is -2.10. The van der Waals surface area contributed by atoms with Gasteiger partial charge in [-0.3, -0.25) is 0 Å². The quantitative estimate of drug-likeness (QED) is 0.428. The first-order valence-corrected chi connectivity index (χ1v) is 6.34. The van der Waals surface area contributed by atoms with Crippen molar-refractivity contribution in [3.05, 3.63) is 41.4 Å². The first kappa shape index (κ1) is 16.7. The fourth-order valence-corrected chi connectivity index (χ4v) is 1.48. The standard InChI is InChI=1S/C8H12N2O2.C6H5ClO2/c1-5(11)12-8-3-2-6(9)4-7(8)10;7-5-2-1-4(8)3-6(5)9/h2-5,11H,9-10H2,1H3;1-3,8-9H. The average Bonchev–Trinajstić information content (AvgIpc) is 2.38. The maximum absolute atomic E-state index is 8.89. The van der Waals surface area contributed by atoms with Gasteiger partial charge in [0, 0.05) is 11.8 Å². The van der Waals surface area contributed by atoms with Crippen molar-refractivity contribution in [1.82, 2.24) is 0 Å². The van der Waals surface area contributed by atoms with E-state index in [0.29, 0.717) is 17.1 Å². The Labute approximate surface area is 127 Å². The zero-order chi connectivity index (χ0) is 16.0. The second kappa shape index (κ2) is 7.47. The van der Waals surface area contributed by atoms with Gasteiger partial charge >= 0.3 is 0 Å². The summed E-state index contributed by atoms with van der Waals surface area (Å²) < 4.78 is 4.97. The van der Waals surface area contributed by atoms with E-state index in [9.17, 15) is 0 Å². The third-order valence-electron chi connectivity index (χ3n) is 2.26. The lowest BCUT2D eigenvalue weighted by Gasteiger charge is -2.10. The highest BCUT2D eigenvalue weighted by atomic mass is 35.5. The topological polar surface area (TPSA) is 122 Å². The fourth-order valence-electron chi connectivity index (χ4n) is 1.36. The number of halogens is 1. The fraction of sp³-hybridized carbons (Fsp3) is 0.143. The molecule has 6 nitrogen and oxygen atoms in total. The van der Waals surface area contributed by atoms with E-state index in [4.69, 9.17) is 43.1 Å². The van der Waals surface area contributed by atoms with E-state index in [1.165, 1.54) is 25.1 Å². The zero-order valence-electron chi connectivity index (χ0n) is 11.3. The van der Waals surface area contributed by atoms with Gasteiger partial charge in [0.1, 0.15) is 17.2 Å².